The van der Waals surface area contributed by atoms with Gasteiger partial charge < -0.3 is 26.0 Å². The molecule has 1 heterocycles. The van der Waals surface area contributed by atoms with E-state index in [1.54, 1.807) is 6.92 Å². The molecule has 36 heavy (non-hydrogen) atoms. The van der Waals surface area contributed by atoms with E-state index < -0.39 is 47.2 Å². The average molecular weight is 507 g/mol. The smallest absolute Gasteiger partial charge is 0.408 e. The number of nitrogens with one attached hydrogen (secondary N) is 2. The van der Waals surface area contributed by atoms with Gasteiger partial charge in [0.15, 0.2) is 0 Å². The maximum atomic E-state index is 13.8. The summed E-state index contributed by atoms with van der Waals surface area (Å²) in [5, 5.41) is 5.47. The minimum Gasteiger partial charge on any atom is -0.447 e. The molecule has 0 aromatic rings. The SMILES string of the molecule is CCC(C)OC(=O)N[C@H](C(=O)N1C[C@H]2C(C1C(=O)NC(CC1CC1)C(=O)C(N)=O)C2(C)C)C(C)(C)C. The van der Waals surface area contributed by atoms with Crippen LogP contribution in [-0.2, 0) is 23.9 Å². The summed E-state index contributed by atoms with van der Waals surface area (Å²) in [6.45, 7) is 13.7. The predicted molar refractivity (Wildman–Crippen MR) is 132 cm³/mol. The molecule has 10 nitrogen and oxygen atoms in total. The number of nitrogens with zero attached hydrogens (tertiary/aromatic N) is 1. The van der Waals surface area contributed by atoms with Gasteiger partial charge in [-0.15, -0.1) is 0 Å². The Morgan fingerprint density at radius 1 is 1.11 bits per heavy atom. The van der Waals surface area contributed by atoms with Gasteiger partial charge in [0.1, 0.15) is 18.2 Å². The number of ketones is 1. The third-order valence-corrected chi connectivity index (χ3v) is 8.16. The zero-order chi connectivity index (χ0) is 27.2. The summed E-state index contributed by atoms with van der Waals surface area (Å²) in [5.74, 6) is -2.42. The Kier molecular flexibility index (Phi) is 7.77. The molecule has 3 rings (SSSR count). The minimum atomic E-state index is -1.08. The molecule has 4 N–H and O–H groups in total. The molecule has 202 valence electrons. The summed E-state index contributed by atoms with van der Waals surface area (Å²) in [6, 6.07) is -2.72. The monoisotopic (exact) mass is 506 g/mol. The van der Waals surface area contributed by atoms with Crippen molar-refractivity contribution in [3.8, 4) is 0 Å². The van der Waals surface area contributed by atoms with Crippen molar-refractivity contribution in [1.82, 2.24) is 15.5 Å². The number of carbonyl (C=O) groups is 5. The first-order valence-electron chi connectivity index (χ1n) is 13.0. The van der Waals surface area contributed by atoms with Crippen LogP contribution in [0.15, 0.2) is 0 Å². The second-order valence-corrected chi connectivity index (χ2v) is 12.4. The van der Waals surface area contributed by atoms with E-state index in [2.05, 4.69) is 24.5 Å². The molecule has 3 aliphatic rings. The van der Waals surface area contributed by atoms with Crippen molar-refractivity contribution in [1.29, 1.82) is 0 Å². The van der Waals surface area contributed by atoms with Crippen LogP contribution < -0.4 is 16.4 Å². The number of ether oxygens (including phenoxy) is 1. The quantitative estimate of drug-likeness (QED) is 0.385. The van der Waals surface area contributed by atoms with E-state index in [0.717, 1.165) is 12.8 Å². The minimum absolute atomic E-state index is 0.0839. The first-order valence-corrected chi connectivity index (χ1v) is 13.0. The van der Waals surface area contributed by atoms with Gasteiger partial charge in [0.2, 0.25) is 17.6 Å². The van der Waals surface area contributed by atoms with Crippen LogP contribution in [0, 0.1) is 28.6 Å². The second kappa shape index (κ2) is 10.0. The number of carbonyl (C=O) groups excluding carboxylic acids is 5. The van der Waals surface area contributed by atoms with Gasteiger partial charge >= 0.3 is 6.09 Å². The number of Topliss-reactive ketones (excluding diaryl/α,β-unsaturated/α-hetero) is 1. The van der Waals surface area contributed by atoms with Crippen LogP contribution in [0.3, 0.4) is 0 Å². The van der Waals surface area contributed by atoms with Crippen molar-refractivity contribution in [3.05, 3.63) is 0 Å². The highest BCUT2D eigenvalue weighted by Crippen LogP contribution is 2.65. The lowest BCUT2D eigenvalue weighted by Gasteiger charge is -2.37. The van der Waals surface area contributed by atoms with Crippen LogP contribution in [0.25, 0.3) is 0 Å². The third kappa shape index (κ3) is 5.83. The third-order valence-electron chi connectivity index (χ3n) is 8.16. The summed E-state index contributed by atoms with van der Waals surface area (Å²) < 4.78 is 5.34. The molecular weight excluding hydrogens is 464 g/mol. The number of piperidine rings is 1. The number of likely N-dealkylation sites (tertiary alicyclic amines) is 1. The van der Waals surface area contributed by atoms with Gasteiger partial charge in [-0.25, -0.2) is 4.79 Å². The summed E-state index contributed by atoms with van der Waals surface area (Å²) in [6.07, 6.45) is 1.90. The largest absolute Gasteiger partial charge is 0.447 e. The molecule has 2 saturated carbocycles. The lowest BCUT2D eigenvalue weighted by Crippen LogP contribution is -2.60. The van der Waals surface area contributed by atoms with Crippen molar-refractivity contribution in [2.24, 2.45) is 34.3 Å². The molecule has 4 unspecified atom stereocenters. The molecule has 3 fully saturated rings. The molecule has 0 aromatic heterocycles. The number of rotatable bonds is 10. The van der Waals surface area contributed by atoms with Crippen LogP contribution in [0.4, 0.5) is 4.79 Å². The van der Waals surface area contributed by atoms with Gasteiger partial charge in [-0.1, -0.05) is 54.4 Å². The van der Waals surface area contributed by atoms with E-state index in [0.29, 0.717) is 19.4 Å². The Morgan fingerprint density at radius 3 is 2.22 bits per heavy atom. The van der Waals surface area contributed by atoms with Crippen molar-refractivity contribution in [2.45, 2.75) is 98.4 Å². The highest BCUT2D eigenvalue weighted by atomic mass is 16.6. The number of amides is 4. The Balaban J connectivity index is 1.82. The van der Waals surface area contributed by atoms with E-state index in [-0.39, 0.29) is 35.2 Å². The number of primary amides is 1. The highest BCUT2D eigenvalue weighted by molar-refractivity contribution is 6.37. The second-order valence-electron chi connectivity index (χ2n) is 12.4. The molecule has 1 aliphatic heterocycles. The number of nitrogens with two attached hydrogens (primary N) is 1. The van der Waals surface area contributed by atoms with E-state index in [9.17, 15) is 24.0 Å². The van der Waals surface area contributed by atoms with E-state index in [1.807, 2.05) is 27.7 Å². The fraction of sp³-hybridized carbons (Fsp3) is 0.808. The van der Waals surface area contributed by atoms with Crippen molar-refractivity contribution in [3.63, 3.8) is 0 Å². The fourth-order valence-corrected chi connectivity index (χ4v) is 5.39. The van der Waals surface area contributed by atoms with Gasteiger partial charge in [0.05, 0.1) is 6.04 Å². The van der Waals surface area contributed by atoms with Crippen LogP contribution in [0.5, 0.6) is 0 Å². The first kappa shape index (κ1) is 27.9. The number of fused-ring (bicyclic) bond motifs is 1. The normalized spacial score (nSPS) is 26.8. The van der Waals surface area contributed by atoms with E-state index in [1.165, 1.54) is 4.90 Å². The van der Waals surface area contributed by atoms with Gasteiger partial charge in [-0.05, 0) is 48.3 Å². The summed E-state index contributed by atoms with van der Waals surface area (Å²) in [4.78, 5) is 65.5. The Labute approximate surface area is 213 Å². The van der Waals surface area contributed by atoms with Crippen LogP contribution in [0.2, 0.25) is 0 Å². The number of hydrogen-bond acceptors (Lipinski definition) is 6. The van der Waals surface area contributed by atoms with Crippen molar-refractivity contribution >= 4 is 29.6 Å². The maximum absolute atomic E-state index is 13.8. The first-order chi connectivity index (χ1) is 16.6. The molecule has 0 aromatic carbocycles. The maximum Gasteiger partial charge on any atom is 0.408 e. The number of alkyl carbamates (subject to hydrolysis) is 1. The predicted octanol–water partition coefficient (Wildman–Crippen LogP) is 1.75. The van der Waals surface area contributed by atoms with E-state index >= 15 is 0 Å². The summed E-state index contributed by atoms with van der Waals surface area (Å²) in [7, 11) is 0. The molecule has 0 bridgehead atoms. The Hall–Kier alpha value is -2.65. The molecule has 1 saturated heterocycles. The Bertz CT molecular complexity index is 922. The van der Waals surface area contributed by atoms with Crippen LogP contribution >= 0.6 is 0 Å². The molecule has 0 spiro atoms. The number of hydrogen-bond donors (Lipinski definition) is 3. The van der Waals surface area contributed by atoms with Gasteiger partial charge in [0.25, 0.3) is 5.91 Å². The fourth-order valence-electron chi connectivity index (χ4n) is 5.39. The zero-order valence-corrected chi connectivity index (χ0v) is 22.6. The molecule has 0 radical (unpaired) electrons. The zero-order valence-electron chi connectivity index (χ0n) is 22.6. The van der Waals surface area contributed by atoms with Crippen molar-refractivity contribution in [2.75, 3.05) is 6.54 Å². The molecule has 2 aliphatic carbocycles. The van der Waals surface area contributed by atoms with Crippen LogP contribution in [0.1, 0.15) is 74.1 Å². The van der Waals surface area contributed by atoms with Crippen LogP contribution in [-0.4, -0.2) is 65.3 Å². The highest BCUT2D eigenvalue weighted by Gasteiger charge is 2.70. The average Bonchev–Trinajstić information content (AvgIpc) is 3.62. The topological polar surface area (TPSA) is 148 Å². The summed E-state index contributed by atoms with van der Waals surface area (Å²) in [5.41, 5.74) is 4.45. The molecule has 10 heteroatoms. The van der Waals surface area contributed by atoms with Gasteiger partial charge in [-0.3, -0.25) is 19.2 Å². The van der Waals surface area contributed by atoms with Gasteiger partial charge in [-0.2, -0.15) is 0 Å². The van der Waals surface area contributed by atoms with Gasteiger partial charge in [0, 0.05) is 6.54 Å². The lowest BCUT2D eigenvalue weighted by atomic mass is 9.85. The lowest BCUT2D eigenvalue weighted by molar-refractivity contribution is -0.145. The molecule has 6 atom stereocenters. The standard InChI is InChI=1S/C26H42N4O6/c1-8-13(2)36-24(35)29-20(25(3,4)5)23(34)30-12-15-17(26(15,6)7)18(30)22(33)28-16(11-14-9-10-14)19(31)21(27)32/h13-18,20H,8-12H2,1-7H3,(H2,27,32)(H,28,33)(H,29,35)/t13?,15-,16?,17?,18?,20+/m0/s1. The van der Waals surface area contributed by atoms with E-state index in [4.69, 9.17) is 10.5 Å². The Morgan fingerprint density at radius 2 is 1.72 bits per heavy atom. The summed E-state index contributed by atoms with van der Waals surface area (Å²) >= 11 is 0. The molecular formula is C26H42N4O6. The van der Waals surface area contributed by atoms with Crippen molar-refractivity contribution < 1.29 is 28.7 Å². The molecule has 4 amide bonds.